The van der Waals surface area contributed by atoms with Crippen LogP contribution in [0.5, 0.6) is 0 Å². The molecule has 1 unspecified atom stereocenters. The lowest BCUT2D eigenvalue weighted by atomic mass is 9.96. The zero-order chi connectivity index (χ0) is 10.8. The van der Waals surface area contributed by atoms with Crippen molar-refractivity contribution in [1.82, 2.24) is 15.2 Å². The average Bonchev–Trinajstić information content (AvgIpc) is 2.79. The second kappa shape index (κ2) is 4.33. The van der Waals surface area contributed by atoms with E-state index in [0.29, 0.717) is 5.92 Å². The van der Waals surface area contributed by atoms with Gasteiger partial charge in [-0.1, -0.05) is 12.8 Å². The predicted molar refractivity (Wildman–Crippen MR) is 60.0 cm³/mol. The Bertz CT molecular complexity index is 325. The molecule has 3 N–H and O–H groups in total. The van der Waals surface area contributed by atoms with Gasteiger partial charge in [-0.2, -0.15) is 5.10 Å². The Morgan fingerprint density at radius 3 is 2.67 bits per heavy atom. The van der Waals surface area contributed by atoms with E-state index >= 15 is 0 Å². The number of rotatable bonds is 3. The quantitative estimate of drug-likeness (QED) is 0.583. The van der Waals surface area contributed by atoms with Gasteiger partial charge in [-0.15, -0.1) is 0 Å². The van der Waals surface area contributed by atoms with Gasteiger partial charge in [-0.25, -0.2) is 0 Å². The number of hydrogen-bond donors (Lipinski definition) is 2. The van der Waals surface area contributed by atoms with Crippen LogP contribution in [-0.2, 0) is 7.05 Å². The van der Waals surface area contributed by atoms with E-state index in [4.69, 9.17) is 5.84 Å². The van der Waals surface area contributed by atoms with Crippen LogP contribution in [-0.4, -0.2) is 9.78 Å². The SMILES string of the molecule is Cc1cc(C(NN)C2CCCC2)n(C)n1. The van der Waals surface area contributed by atoms with Gasteiger partial charge in [0.2, 0.25) is 0 Å². The first-order valence-corrected chi connectivity index (χ1v) is 5.69. The van der Waals surface area contributed by atoms with Crippen LogP contribution in [0, 0.1) is 12.8 Å². The molecule has 0 aliphatic heterocycles. The monoisotopic (exact) mass is 208 g/mol. The fourth-order valence-corrected chi connectivity index (χ4v) is 2.68. The molecule has 1 aliphatic carbocycles. The van der Waals surface area contributed by atoms with Gasteiger partial charge in [-0.05, 0) is 31.7 Å². The Morgan fingerprint density at radius 1 is 1.53 bits per heavy atom. The maximum Gasteiger partial charge on any atom is 0.0657 e. The highest BCUT2D eigenvalue weighted by Gasteiger charge is 2.27. The van der Waals surface area contributed by atoms with Crippen LogP contribution in [0.15, 0.2) is 6.07 Å². The topological polar surface area (TPSA) is 55.9 Å². The highest BCUT2D eigenvalue weighted by Crippen LogP contribution is 2.35. The number of hydrazine groups is 1. The summed E-state index contributed by atoms with van der Waals surface area (Å²) in [4.78, 5) is 0. The average molecular weight is 208 g/mol. The first-order valence-electron chi connectivity index (χ1n) is 5.69. The van der Waals surface area contributed by atoms with Crippen molar-refractivity contribution in [2.24, 2.45) is 18.8 Å². The first kappa shape index (κ1) is 10.6. The van der Waals surface area contributed by atoms with Crippen molar-refractivity contribution in [1.29, 1.82) is 0 Å². The lowest BCUT2D eigenvalue weighted by Crippen LogP contribution is -2.34. The van der Waals surface area contributed by atoms with E-state index in [0.717, 1.165) is 5.69 Å². The zero-order valence-corrected chi connectivity index (χ0v) is 9.53. The van der Waals surface area contributed by atoms with Crippen molar-refractivity contribution in [2.75, 3.05) is 0 Å². The number of nitrogens with zero attached hydrogens (tertiary/aromatic N) is 2. The van der Waals surface area contributed by atoms with E-state index in [1.54, 1.807) is 0 Å². The molecule has 84 valence electrons. The molecule has 1 atom stereocenters. The lowest BCUT2D eigenvalue weighted by Gasteiger charge is -2.22. The summed E-state index contributed by atoms with van der Waals surface area (Å²) in [6, 6.07) is 2.39. The molecule has 0 radical (unpaired) electrons. The van der Waals surface area contributed by atoms with Crippen LogP contribution >= 0.6 is 0 Å². The fraction of sp³-hybridized carbons (Fsp3) is 0.727. The Kier molecular flexibility index (Phi) is 3.07. The van der Waals surface area contributed by atoms with Crippen LogP contribution in [0.4, 0.5) is 0 Å². The second-order valence-corrected chi connectivity index (χ2v) is 4.52. The third-order valence-electron chi connectivity index (χ3n) is 3.41. The minimum absolute atomic E-state index is 0.263. The van der Waals surface area contributed by atoms with Crippen molar-refractivity contribution in [3.63, 3.8) is 0 Å². The molecule has 1 saturated carbocycles. The van der Waals surface area contributed by atoms with Crippen LogP contribution in [0.1, 0.15) is 43.1 Å². The van der Waals surface area contributed by atoms with Gasteiger partial charge in [0, 0.05) is 7.05 Å². The predicted octanol–water partition coefficient (Wildman–Crippen LogP) is 1.42. The third-order valence-corrected chi connectivity index (χ3v) is 3.41. The third kappa shape index (κ3) is 2.06. The minimum Gasteiger partial charge on any atom is -0.271 e. The summed E-state index contributed by atoms with van der Waals surface area (Å²) in [5.41, 5.74) is 5.22. The zero-order valence-electron chi connectivity index (χ0n) is 9.53. The second-order valence-electron chi connectivity index (χ2n) is 4.52. The molecule has 1 fully saturated rings. The molecule has 2 rings (SSSR count). The standard InChI is InChI=1S/C11H20N4/c1-8-7-10(15(2)14-8)11(13-12)9-5-3-4-6-9/h7,9,11,13H,3-6,12H2,1-2H3. The van der Waals surface area contributed by atoms with Gasteiger partial charge < -0.3 is 0 Å². The Hall–Kier alpha value is -0.870. The van der Waals surface area contributed by atoms with Crippen LogP contribution in [0.25, 0.3) is 0 Å². The van der Waals surface area contributed by atoms with E-state index in [2.05, 4.69) is 16.6 Å². The summed E-state index contributed by atoms with van der Waals surface area (Å²) in [5.74, 6) is 6.34. The Balaban J connectivity index is 2.21. The highest BCUT2D eigenvalue weighted by molar-refractivity contribution is 5.14. The molecule has 0 bridgehead atoms. The van der Waals surface area contributed by atoms with Crippen LogP contribution in [0.3, 0.4) is 0 Å². The minimum atomic E-state index is 0.263. The summed E-state index contributed by atoms with van der Waals surface area (Å²) in [6.07, 6.45) is 5.22. The van der Waals surface area contributed by atoms with Gasteiger partial charge in [0.25, 0.3) is 0 Å². The molecule has 15 heavy (non-hydrogen) atoms. The molecule has 0 saturated heterocycles. The summed E-state index contributed by atoms with van der Waals surface area (Å²) in [6.45, 7) is 2.02. The normalized spacial score (nSPS) is 19.7. The molecule has 0 aromatic carbocycles. The number of nitrogens with two attached hydrogens (primary N) is 1. The first-order chi connectivity index (χ1) is 7.22. The Labute approximate surface area is 90.8 Å². The van der Waals surface area contributed by atoms with Crippen LogP contribution in [0.2, 0.25) is 0 Å². The van der Waals surface area contributed by atoms with Crippen molar-refractivity contribution in [2.45, 2.75) is 38.6 Å². The smallest absolute Gasteiger partial charge is 0.0657 e. The molecular formula is C11H20N4. The molecule has 1 aliphatic rings. The van der Waals surface area contributed by atoms with Crippen molar-refractivity contribution in [3.8, 4) is 0 Å². The lowest BCUT2D eigenvalue weighted by molar-refractivity contribution is 0.355. The van der Waals surface area contributed by atoms with Gasteiger partial charge in [0.05, 0.1) is 17.4 Å². The Morgan fingerprint density at radius 2 is 2.20 bits per heavy atom. The summed E-state index contributed by atoms with van der Waals surface area (Å²) < 4.78 is 1.94. The number of aryl methyl sites for hydroxylation is 2. The van der Waals surface area contributed by atoms with E-state index < -0.39 is 0 Å². The molecule has 0 spiro atoms. The van der Waals surface area contributed by atoms with Gasteiger partial charge in [0.1, 0.15) is 0 Å². The van der Waals surface area contributed by atoms with Gasteiger partial charge in [0.15, 0.2) is 0 Å². The van der Waals surface area contributed by atoms with Gasteiger partial charge >= 0.3 is 0 Å². The molecular weight excluding hydrogens is 188 g/mol. The summed E-state index contributed by atoms with van der Waals surface area (Å²) in [7, 11) is 1.99. The van der Waals surface area contributed by atoms with Gasteiger partial charge in [-0.3, -0.25) is 16.0 Å². The molecule has 0 amide bonds. The van der Waals surface area contributed by atoms with Crippen LogP contribution < -0.4 is 11.3 Å². The molecule has 4 heteroatoms. The number of hydrogen-bond acceptors (Lipinski definition) is 3. The number of aromatic nitrogens is 2. The van der Waals surface area contributed by atoms with Crippen molar-refractivity contribution in [3.05, 3.63) is 17.5 Å². The number of nitrogens with one attached hydrogen (secondary N) is 1. The maximum absolute atomic E-state index is 5.67. The maximum atomic E-state index is 5.67. The van der Waals surface area contributed by atoms with E-state index in [-0.39, 0.29) is 6.04 Å². The van der Waals surface area contributed by atoms with E-state index in [1.165, 1.54) is 31.4 Å². The largest absolute Gasteiger partial charge is 0.271 e. The molecule has 1 aromatic rings. The molecule has 4 nitrogen and oxygen atoms in total. The summed E-state index contributed by atoms with van der Waals surface area (Å²) in [5, 5.41) is 4.37. The van der Waals surface area contributed by atoms with Crippen molar-refractivity contribution >= 4 is 0 Å². The summed E-state index contributed by atoms with van der Waals surface area (Å²) >= 11 is 0. The highest BCUT2D eigenvalue weighted by atomic mass is 15.3. The fourth-order valence-electron chi connectivity index (χ4n) is 2.68. The molecule has 1 heterocycles. The van der Waals surface area contributed by atoms with E-state index in [1.807, 2.05) is 18.7 Å². The van der Waals surface area contributed by atoms with Crippen molar-refractivity contribution < 1.29 is 0 Å². The molecule has 1 aromatic heterocycles. The van der Waals surface area contributed by atoms with E-state index in [9.17, 15) is 0 Å².